The van der Waals surface area contributed by atoms with Crippen LogP contribution in [0.1, 0.15) is 34.1 Å². The highest BCUT2D eigenvalue weighted by Gasteiger charge is 2.15. The largest absolute Gasteiger partial charge is 0.377 e. The molecular weight excluding hydrogens is 382 g/mol. The Morgan fingerprint density at radius 1 is 1.08 bits per heavy atom. The maximum atomic E-state index is 12.4. The van der Waals surface area contributed by atoms with E-state index in [1.807, 2.05) is 38.1 Å². The third kappa shape index (κ3) is 5.06. The van der Waals surface area contributed by atoms with Gasteiger partial charge in [-0.2, -0.15) is 0 Å². The number of anilines is 2. The Kier molecular flexibility index (Phi) is 6.58. The molecule has 2 aromatic carbocycles. The number of carbonyl (C=O) groups is 2. The van der Waals surface area contributed by atoms with E-state index in [1.54, 1.807) is 30.3 Å². The molecule has 2 aromatic rings. The zero-order valence-corrected chi connectivity index (χ0v) is 16.2. The first-order chi connectivity index (χ1) is 11.9. The lowest BCUT2D eigenvalue weighted by Crippen LogP contribution is -2.26. The Morgan fingerprint density at radius 2 is 1.84 bits per heavy atom. The van der Waals surface area contributed by atoms with Gasteiger partial charge in [-0.1, -0.05) is 28.9 Å². The smallest absolute Gasteiger partial charge is 0.255 e. The fraction of sp³-hybridized carbons (Fsp3) is 0.263. The van der Waals surface area contributed by atoms with Gasteiger partial charge in [0.15, 0.2) is 0 Å². The standard InChI is InChI=1S/C19H22BrN3O2/c1-4-10-21-19(25)16-12-15(8-9-17(16)23(2)3)22-18(24)13-6-5-7-14(20)11-13/h5-9,11-12H,4,10H2,1-3H3,(H,21,25)(H,22,24). The first-order valence-corrected chi connectivity index (χ1v) is 8.88. The van der Waals surface area contributed by atoms with Crippen molar-refractivity contribution in [1.29, 1.82) is 0 Å². The average Bonchev–Trinajstić information content (AvgIpc) is 2.59. The lowest BCUT2D eigenvalue weighted by atomic mass is 10.1. The zero-order valence-electron chi connectivity index (χ0n) is 14.6. The van der Waals surface area contributed by atoms with Gasteiger partial charge in [0.2, 0.25) is 0 Å². The molecule has 0 saturated heterocycles. The number of nitrogens with zero attached hydrogens (tertiary/aromatic N) is 1. The van der Waals surface area contributed by atoms with Gasteiger partial charge < -0.3 is 15.5 Å². The quantitative estimate of drug-likeness (QED) is 0.768. The molecule has 0 spiro atoms. The number of carbonyl (C=O) groups excluding carboxylic acids is 2. The SMILES string of the molecule is CCCNC(=O)c1cc(NC(=O)c2cccc(Br)c2)ccc1N(C)C. The van der Waals surface area contributed by atoms with Crippen LogP contribution in [0.4, 0.5) is 11.4 Å². The van der Waals surface area contributed by atoms with Crippen molar-refractivity contribution in [3.63, 3.8) is 0 Å². The predicted octanol–water partition coefficient (Wildman–Crippen LogP) is 3.91. The number of hydrogen-bond acceptors (Lipinski definition) is 3. The Hall–Kier alpha value is -2.34. The van der Waals surface area contributed by atoms with Crippen LogP contribution >= 0.6 is 15.9 Å². The van der Waals surface area contributed by atoms with Crippen LogP contribution in [0.25, 0.3) is 0 Å². The van der Waals surface area contributed by atoms with Crippen LogP contribution in [0.15, 0.2) is 46.9 Å². The van der Waals surface area contributed by atoms with Gasteiger partial charge in [-0.15, -0.1) is 0 Å². The number of rotatable bonds is 6. The van der Waals surface area contributed by atoms with Gasteiger partial charge in [0.1, 0.15) is 0 Å². The summed E-state index contributed by atoms with van der Waals surface area (Å²) in [4.78, 5) is 26.7. The number of nitrogens with one attached hydrogen (secondary N) is 2. The molecule has 2 rings (SSSR count). The van der Waals surface area contributed by atoms with Crippen molar-refractivity contribution in [3.8, 4) is 0 Å². The second kappa shape index (κ2) is 8.67. The molecule has 5 nitrogen and oxygen atoms in total. The molecule has 25 heavy (non-hydrogen) atoms. The topological polar surface area (TPSA) is 61.4 Å². The van der Waals surface area contributed by atoms with Gasteiger partial charge in [0.05, 0.1) is 5.56 Å². The minimum atomic E-state index is -0.223. The van der Waals surface area contributed by atoms with E-state index in [0.29, 0.717) is 23.4 Å². The summed E-state index contributed by atoms with van der Waals surface area (Å²) in [6.45, 7) is 2.61. The summed E-state index contributed by atoms with van der Waals surface area (Å²) < 4.78 is 0.836. The third-order valence-electron chi connectivity index (χ3n) is 3.60. The molecule has 0 saturated carbocycles. The van der Waals surface area contributed by atoms with Crippen molar-refractivity contribution >= 4 is 39.1 Å². The minimum Gasteiger partial charge on any atom is -0.377 e. The monoisotopic (exact) mass is 403 g/mol. The molecule has 0 radical (unpaired) electrons. The Balaban J connectivity index is 2.26. The highest BCUT2D eigenvalue weighted by Crippen LogP contribution is 2.23. The Morgan fingerprint density at radius 3 is 2.48 bits per heavy atom. The molecule has 0 aliphatic heterocycles. The fourth-order valence-corrected chi connectivity index (χ4v) is 2.75. The van der Waals surface area contributed by atoms with Gasteiger partial charge in [-0.25, -0.2) is 0 Å². The van der Waals surface area contributed by atoms with Crippen LogP contribution in [0.2, 0.25) is 0 Å². The van der Waals surface area contributed by atoms with Gasteiger partial charge >= 0.3 is 0 Å². The minimum absolute atomic E-state index is 0.149. The summed E-state index contributed by atoms with van der Waals surface area (Å²) in [7, 11) is 3.76. The van der Waals surface area contributed by atoms with E-state index < -0.39 is 0 Å². The van der Waals surface area contributed by atoms with Crippen LogP contribution in [0.3, 0.4) is 0 Å². The average molecular weight is 404 g/mol. The molecular formula is C19H22BrN3O2. The highest BCUT2D eigenvalue weighted by molar-refractivity contribution is 9.10. The number of hydrogen-bond donors (Lipinski definition) is 2. The third-order valence-corrected chi connectivity index (χ3v) is 4.10. The van der Waals surface area contributed by atoms with Crippen molar-refractivity contribution in [2.45, 2.75) is 13.3 Å². The van der Waals surface area contributed by atoms with E-state index in [4.69, 9.17) is 0 Å². The van der Waals surface area contributed by atoms with Crippen molar-refractivity contribution in [1.82, 2.24) is 5.32 Å². The first-order valence-electron chi connectivity index (χ1n) is 8.09. The molecule has 6 heteroatoms. The summed E-state index contributed by atoms with van der Waals surface area (Å²) in [5.41, 5.74) is 2.46. The molecule has 0 bridgehead atoms. The second-order valence-electron chi connectivity index (χ2n) is 5.85. The van der Waals surface area contributed by atoms with Gasteiger partial charge in [-0.3, -0.25) is 9.59 Å². The van der Waals surface area contributed by atoms with Crippen molar-refractivity contribution in [2.75, 3.05) is 30.9 Å². The fourth-order valence-electron chi connectivity index (χ4n) is 2.35. The lowest BCUT2D eigenvalue weighted by molar-refractivity contribution is 0.0952. The molecule has 132 valence electrons. The summed E-state index contributed by atoms with van der Waals surface area (Å²) in [6.07, 6.45) is 0.863. The maximum Gasteiger partial charge on any atom is 0.255 e. The Bertz CT molecular complexity index is 775. The van der Waals surface area contributed by atoms with Crippen molar-refractivity contribution in [3.05, 3.63) is 58.1 Å². The Labute approximate surface area is 156 Å². The van der Waals surface area contributed by atoms with Gasteiger partial charge in [0, 0.05) is 42.1 Å². The van der Waals surface area contributed by atoms with Crippen molar-refractivity contribution < 1.29 is 9.59 Å². The zero-order chi connectivity index (χ0) is 18.4. The second-order valence-corrected chi connectivity index (χ2v) is 6.76. The number of amides is 2. The summed E-state index contributed by atoms with van der Waals surface area (Å²) >= 11 is 3.36. The van der Waals surface area contributed by atoms with Crippen LogP contribution in [0.5, 0.6) is 0 Å². The molecule has 0 heterocycles. The van der Waals surface area contributed by atoms with Crippen LogP contribution in [-0.2, 0) is 0 Å². The summed E-state index contributed by atoms with van der Waals surface area (Å²) in [5, 5.41) is 5.72. The number of benzene rings is 2. The van der Waals surface area contributed by atoms with Gasteiger partial charge in [-0.05, 0) is 42.8 Å². The maximum absolute atomic E-state index is 12.4. The van der Waals surface area contributed by atoms with Gasteiger partial charge in [0.25, 0.3) is 11.8 Å². The molecule has 2 amide bonds. The van der Waals surface area contributed by atoms with E-state index in [1.165, 1.54) is 0 Å². The molecule has 0 aliphatic rings. The van der Waals surface area contributed by atoms with E-state index in [2.05, 4.69) is 26.6 Å². The van der Waals surface area contributed by atoms with E-state index in [-0.39, 0.29) is 11.8 Å². The molecule has 2 N–H and O–H groups in total. The summed E-state index contributed by atoms with van der Waals surface area (Å²) in [6, 6.07) is 12.5. The van der Waals surface area contributed by atoms with Crippen molar-refractivity contribution in [2.24, 2.45) is 0 Å². The highest BCUT2D eigenvalue weighted by atomic mass is 79.9. The van der Waals surface area contributed by atoms with E-state index >= 15 is 0 Å². The van der Waals surface area contributed by atoms with E-state index in [0.717, 1.165) is 16.6 Å². The van der Waals surface area contributed by atoms with Crippen LogP contribution in [-0.4, -0.2) is 32.5 Å². The normalized spacial score (nSPS) is 10.2. The first kappa shape index (κ1) is 19.0. The summed E-state index contributed by atoms with van der Waals surface area (Å²) in [5.74, 6) is -0.372. The van der Waals surface area contributed by atoms with E-state index in [9.17, 15) is 9.59 Å². The molecule has 0 unspecified atom stereocenters. The molecule has 0 atom stereocenters. The van der Waals surface area contributed by atoms with Crippen LogP contribution < -0.4 is 15.5 Å². The lowest BCUT2D eigenvalue weighted by Gasteiger charge is -2.18. The predicted molar refractivity (Wildman–Crippen MR) is 105 cm³/mol. The molecule has 0 aliphatic carbocycles. The number of halogens is 1. The molecule has 0 fully saturated rings. The van der Waals surface area contributed by atoms with Crippen LogP contribution in [0, 0.1) is 0 Å². The molecule has 0 aromatic heterocycles.